The molecule has 1 aromatic heterocycles. The summed E-state index contributed by atoms with van der Waals surface area (Å²) in [5, 5.41) is 3.89. The molecular weight excluding hydrogens is 294 g/mol. The molecule has 4 nitrogen and oxygen atoms in total. The summed E-state index contributed by atoms with van der Waals surface area (Å²) >= 11 is 1.42. The molecule has 2 fully saturated rings. The van der Waals surface area contributed by atoms with Gasteiger partial charge < -0.3 is 5.32 Å². The molecule has 2 bridgehead atoms. The van der Waals surface area contributed by atoms with Crippen LogP contribution < -0.4 is 5.32 Å². The van der Waals surface area contributed by atoms with Crippen LogP contribution in [0.2, 0.25) is 0 Å². The van der Waals surface area contributed by atoms with Crippen LogP contribution in [0.1, 0.15) is 44.0 Å². The number of thioether (sulfide) groups is 1. The maximum atomic E-state index is 12.2. The largest absolute Gasteiger partial charge is 0.353 e. The van der Waals surface area contributed by atoms with Crippen LogP contribution in [0, 0.1) is 31.6 Å². The number of aryl methyl sites for hydroxylation is 2. The second kappa shape index (κ2) is 6.57. The van der Waals surface area contributed by atoms with Crippen molar-refractivity contribution in [3.8, 4) is 0 Å². The van der Waals surface area contributed by atoms with Crippen molar-refractivity contribution >= 4 is 17.7 Å². The third-order valence-corrected chi connectivity index (χ3v) is 5.97. The first-order valence-corrected chi connectivity index (χ1v) is 9.24. The molecule has 1 aromatic rings. The maximum absolute atomic E-state index is 12.2. The summed E-state index contributed by atoms with van der Waals surface area (Å²) in [6.07, 6.45) is 5.46. The Morgan fingerprint density at radius 3 is 2.64 bits per heavy atom. The second-order valence-corrected chi connectivity index (χ2v) is 7.86. The average Bonchev–Trinajstić information content (AvgIpc) is 3.06. The molecule has 1 N–H and O–H groups in total. The van der Waals surface area contributed by atoms with Crippen molar-refractivity contribution < 1.29 is 4.79 Å². The molecule has 5 heteroatoms. The Kier molecular flexibility index (Phi) is 4.71. The lowest BCUT2D eigenvalue weighted by Gasteiger charge is -2.28. The Balaban J connectivity index is 1.48. The number of carbonyl (C=O) groups excluding carboxylic acids is 1. The number of hydrogen-bond donors (Lipinski definition) is 1. The highest BCUT2D eigenvalue weighted by atomic mass is 32.2. The van der Waals surface area contributed by atoms with Crippen molar-refractivity contribution in [3.05, 3.63) is 17.5 Å². The lowest BCUT2D eigenvalue weighted by Crippen LogP contribution is -2.40. The van der Waals surface area contributed by atoms with Gasteiger partial charge >= 0.3 is 0 Å². The van der Waals surface area contributed by atoms with E-state index >= 15 is 0 Å². The van der Waals surface area contributed by atoms with Crippen LogP contribution >= 0.6 is 11.8 Å². The lowest BCUT2D eigenvalue weighted by atomic mass is 9.84. The predicted octanol–water partition coefficient (Wildman–Crippen LogP) is 3.13. The van der Waals surface area contributed by atoms with Crippen molar-refractivity contribution in [1.29, 1.82) is 0 Å². The van der Waals surface area contributed by atoms with E-state index in [1.54, 1.807) is 0 Å². The molecule has 2 aliphatic rings. The first-order valence-electron chi connectivity index (χ1n) is 8.25. The first-order chi connectivity index (χ1) is 10.5. The van der Waals surface area contributed by atoms with Crippen molar-refractivity contribution in [1.82, 2.24) is 15.3 Å². The van der Waals surface area contributed by atoms with Crippen molar-refractivity contribution in [2.24, 2.45) is 17.8 Å². The lowest BCUT2D eigenvalue weighted by molar-refractivity contribution is -0.119. The number of nitrogens with zero attached hydrogens (tertiary/aromatic N) is 2. The Bertz CT molecular complexity index is 543. The molecule has 1 heterocycles. The minimum Gasteiger partial charge on any atom is -0.353 e. The molecule has 2 aliphatic carbocycles. The predicted molar refractivity (Wildman–Crippen MR) is 88.8 cm³/mol. The molecule has 0 radical (unpaired) electrons. The van der Waals surface area contributed by atoms with Crippen LogP contribution in [0.15, 0.2) is 11.2 Å². The summed E-state index contributed by atoms with van der Waals surface area (Å²) in [7, 11) is 0. The quantitative estimate of drug-likeness (QED) is 0.669. The van der Waals surface area contributed by atoms with Crippen LogP contribution in [0.25, 0.3) is 0 Å². The average molecular weight is 319 g/mol. The first kappa shape index (κ1) is 15.8. The smallest absolute Gasteiger partial charge is 0.230 e. The topological polar surface area (TPSA) is 54.9 Å². The van der Waals surface area contributed by atoms with E-state index in [0.29, 0.717) is 22.9 Å². The minimum absolute atomic E-state index is 0.100. The van der Waals surface area contributed by atoms with E-state index in [1.807, 2.05) is 19.9 Å². The second-order valence-electron chi connectivity index (χ2n) is 6.92. The highest BCUT2D eigenvalue weighted by Crippen LogP contribution is 2.49. The standard InChI is InChI=1S/C17H25N3OS/c1-10-6-11(2)19-17(18-10)22-9-16(21)20-12(3)15-8-13-4-5-14(15)7-13/h6,12-15H,4-5,7-9H2,1-3H3,(H,20,21)/t12-,13+,14+,15-/m1/s1. The summed E-state index contributed by atoms with van der Waals surface area (Å²) < 4.78 is 0. The molecular formula is C17H25N3OS. The van der Waals surface area contributed by atoms with Gasteiger partial charge in [-0.25, -0.2) is 9.97 Å². The fraction of sp³-hybridized carbons (Fsp3) is 0.706. The Morgan fingerprint density at radius 2 is 2.05 bits per heavy atom. The van der Waals surface area contributed by atoms with Crippen LogP contribution in [-0.2, 0) is 4.79 Å². The SMILES string of the molecule is Cc1cc(C)nc(SCC(=O)N[C@H](C)[C@H]2C[C@H]3CC[C@H]2C3)n1. The van der Waals surface area contributed by atoms with Gasteiger partial charge in [0.1, 0.15) is 0 Å². The summed E-state index contributed by atoms with van der Waals surface area (Å²) in [6.45, 7) is 6.08. The number of hydrogen-bond acceptors (Lipinski definition) is 4. The molecule has 22 heavy (non-hydrogen) atoms. The number of fused-ring (bicyclic) bond motifs is 2. The van der Waals surface area contributed by atoms with Gasteiger partial charge in [-0.05, 0) is 63.9 Å². The summed E-state index contributed by atoms with van der Waals surface area (Å²) in [6, 6.07) is 2.24. The van der Waals surface area contributed by atoms with Crippen molar-refractivity contribution in [2.45, 2.75) is 57.7 Å². The van der Waals surface area contributed by atoms with E-state index in [-0.39, 0.29) is 5.91 Å². The van der Waals surface area contributed by atoms with Gasteiger partial charge in [0.25, 0.3) is 0 Å². The number of carbonyl (C=O) groups is 1. The normalized spacial score (nSPS) is 27.9. The zero-order valence-electron chi connectivity index (χ0n) is 13.6. The minimum atomic E-state index is 0.100. The summed E-state index contributed by atoms with van der Waals surface area (Å²) in [4.78, 5) is 20.9. The van der Waals surface area contributed by atoms with Gasteiger partial charge in [-0.15, -0.1) is 0 Å². The Morgan fingerprint density at radius 1 is 1.32 bits per heavy atom. The van der Waals surface area contributed by atoms with Crippen molar-refractivity contribution in [3.63, 3.8) is 0 Å². The number of rotatable bonds is 5. The monoisotopic (exact) mass is 319 g/mol. The number of amides is 1. The van der Waals surface area contributed by atoms with Gasteiger partial charge in [0, 0.05) is 17.4 Å². The fourth-order valence-corrected chi connectivity index (χ4v) is 4.96. The molecule has 0 spiro atoms. The molecule has 120 valence electrons. The zero-order valence-corrected chi connectivity index (χ0v) is 14.4. The Labute approximate surface area is 136 Å². The maximum Gasteiger partial charge on any atom is 0.230 e. The van der Waals surface area contributed by atoms with Crippen LogP contribution in [0.3, 0.4) is 0 Å². The Hall–Kier alpha value is -1.10. The van der Waals surface area contributed by atoms with E-state index in [2.05, 4.69) is 22.2 Å². The van der Waals surface area contributed by atoms with Crippen molar-refractivity contribution in [2.75, 3.05) is 5.75 Å². The van der Waals surface area contributed by atoms with Crippen LogP contribution in [0.4, 0.5) is 0 Å². The highest BCUT2D eigenvalue weighted by Gasteiger charge is 2.42. The van der Waals surface area contributed by atoms with E-state index in [4.69, 9.17) is 0 Å². The molecule has 1 amide bonds. The third kappa shape index (κ3) is 3.62. The molecule has 0 unspecified atom stereocenters. The van der Waals surface area contributed by atoms with E-state index in [0.717, 1.165) is 23.2 Å². The highest BCUT2D eigenvalue weighted by molar-refractivity contribution is 7.99. The molecule has 0 aliphatic heterocycles. The number of nitrogens with one attached hydrogen (secondary N) is 1. The molecule has 0 saturated heterocycles. The molecule has 3 rings (SSSR count). The van der Waals surface area contributed by atoms with Crippen LogP contribution in [0.5, 0.6) is 0 Å². The number of aromatic nitrogens is 2. The van der Waals surface area contributed by atoms with Gasteiger partial charge in [-0.3, -0.25) is 4.79 Å². The molecule has 4 atom stereocenters. The van der Waals surface area contributed by atoms with Gasteiger partial charge in [0.05, 0.1) is 5.75 Å². The zero-order chi connectivity index (χ0) is 15.7. The molecule has 2 saturated carbocycles. The van der Waals surface area contributed by atoms with Crippen LogP contribution in [-0.4, -0.2) is 27.7 Å². The van der Waals surface area contributed by atoms with Gasteiger partial charge in [-0.1, -0.05) is 18.2 Å². The van der Waals surface area contributed by atoms with E-state index < -0.39 is 0 Å². The summed E-state index contributed by atoms with van der Waals surface area (Å²) in [5.41, 5.74) is 1.90. The van der Waals surface area contributed by atoms with Gasteiger partial charge in [0.15, 0.2) is 5.16 Å². The van der Waals surface area contributed by atoms with E-state index in [9.17, 15) is 4.79 Å². The van der Waals surface area contributed by atoms with Gasteiger partial charge in [0.2, 0.25) is 5.91 Å². The van der Waals surface area contributed by atoms with Gasteiger partial charge in [-0.2, -0.15) is 0 Å². The third-order valence-electron chi connectivity index (χ3n) is 5.12. The summed E-state index contributed by atoms with van der Waals surface area (Å²) in [5.74, 6) is 2.95. The fourth-order valence-electron chi connectivity index (χ4n) is 4.20. The van der Waals surface area contributed by atoms with E-state index in [1.165, 1.54) is 37.4 Å². The molecule has 0 aromatic carbocycles.